The molecule has 2 aromatic heterocycles. The van der Waals surface area contributed by atoms with E-state index < -0.39 is 0 Å². The number of para-hydroxylation sites is 1. The summed E-state index contributed by atoms with van der Waals surface area (Å²) in [4.78, 5) is 28.9. The molecule has 8 heteroatoms. The van der Waals surface area contributed by atoms with Gasteiger partial charge in [0.05, 0.1) is 15.8 Å². The predicted octanol–water partition coefficient (Wildman–Crippen LogP) is 5.23. The number of amides is 1. The number of carbonyl (C=O) groups is 1. The van der Waals surface area contributed by atoms with Crippen LogP contribution in [0.2, 0.25) is 5.02 Å². The zero-order valence-corrected chi connectivity index (χ0v) is 19.0. The first-order valence-electron chi connectivity index (χ1n) is 9.67. The van der Waals surface area contributed by atoms with Crippen LogP contribution in [0.4, 0.5) is 0 Å². The summed E-state index contributed by atoms with van der Waals surface area (Å²) in [5.74, 6) is -0.0987. The van der Waals surface area contributed by atoms with Crippen molar-refractivity contribution in [3.63, 3.8) is 0 Å². The van der Waals surface area contributed by atoms with Crippen molar-refractivity contribution >= 4 is 57.6 Å². The smallest absolute Gasteiger partial charge is 0.262 e. The molecule has 4 rings (SSSR count). The summed E-state index contributed by atoms with van der Waals surface area (Å²) in [5, 5.41) is 1.17. The Labute approximate surface area is 187 Å². The fourth-order valence-corrected chi connectivity index (χ4v) is 5.22. The Morgan fingerprint density at radius 2 is 1.77 bits per heavy atom. The highest BCUT2D eigenvalue weighted by Gasteiger charge is 2.21. The minimum atomic E-state index is -0.200. The molecule has 5 nitrogen and oxygen atoms in total. The van der Waals surface area contributed by atoms with Gasteiger partial charge >= 0.3 is 0 Å². The van der Waals surface area contributed by atoms with Gasteiger partial charge in [0.2, 0.25) is 5.91 Å². The third-order valence-corrected chi connectivity index (χ3v) is 6.84. The molecule has 1 amide bonds. The van der Waals surface area contributed by atoms with E-state index in [1.807, 2.05) is 48.6 Å². The summed E-state index contributed by atoms with van der Waals surface area (Å²) in [6.07, 6.45) is 0. The van der Waals surface area contributed by atoms with E-state index in [1.165, 1.54) is 11.3 Å². The van der Waals surface area contributed by atoms with Crippen LogP contribution in [-0.2, 0) is 11.3 Å². The summed E-state index contributed by atoms with van der Waals surface area (Å²) >= 11 is 13.2. The quantitative estimate of drug-likeness (QED) is 0.385. The van der Waals surface area contributed by atoms with Gasteiger partial charge in [0.25, 0.3) is 5.56 Å². The van der Waals surface area contributed by atoms with Gasteiger partial charge in [-0.1, -0.05) is 35.9 Å². The number of hydrogen-bond acceptors (Lipinski definition) is 4. The lowest BCUT2D eigenvalue weighted by Crippen LogP contribution is -2.37. The SMILES string of the molecule is CCN(CC)C(=O)Cn1c(=O)c2ccccc2n2c(=S)sc(-c3ccc(Cl)cc3)c12. The summed E-state index contributed by atoms with van der Waals surface area (Å²) < 4.78 is 4.07. The second kappa shape index (κ2) is 8.34. The predicted molar refractivity (Wildman–Crippen MR) is 126 cm³/mol. The molecule has 0 radical (unpaired) electrons. The highest BCUT2D eigenvalue weighted by molar-refractivity contribution is 7.73. The number of fused-ring (bicyclic) bond motifs is 3. The van der Waals surface area contributed by atoms with E-state index in [9.17, 15) is 9.59 Å². The maximum absolute atomic E-state index is 13.5. The molecule has 0 aliphatic heterocycles. The van der Waals surface area contributed by atoms with E-state index in [1.54, 1.807) is 27.7 Å². The molecule has 0 bridgehead atoms. The Morgan fingerprint density at radius 1 is 1.10 bits per heavy atom. The zero-order valence-electron chi connectivity index (χ0n) is 16.6. The average molecular weight is 458 g/mol. The molecule has 0 N–H and O–H groups in total. The molecule has 0 fully saturated rings. The van der Waals surface area contributed by atoms with Gasteiger partial charge in [-0.2, -0.15) is 0 Å². The molecule has 0 atom stereocenters. The van der Waals surface area contributed by atoms with Gasteiger partial charge in [0.1, 0.15) is 12.2 Å². The van der Waals surface area contributed by atoms with Gasteiger partial charge in [0, 0.05) is 18.1 Å². The van der Waals surface area contributed by atoms with Crippen LogP contribution >= 0.6 is 35.2 Å². The summed E-state index contributed by atoms with van der Waals surface area (Å²) in [5.41, 5.74) is 2.08. The molecule has 0 aliphatic carbocycles. The van der Waals surface area contributed by atoms with Gasteiger partial charge in [-0.25, -0.2) is 0 Å². The summed E-state index contributed by atoms with van der Waals surface area (Å²) in [6, 6.07) is 14.8. The molecular formula is C22H20ClN3O2S2. The number of hydrogen-bond donors (Lipinski definition) is 0. The third-order valence-electron chi connectivity index (χ3n) is 5.18. The standard InChI is InChI=1S/C22H20ClN3O2S2/c1-3-24(4-2)18(27)13-25-20-19(14-9-11-15(23)12-10-14)30-22(29)26(20)17-8-6-5-7-16(17)21(25)28/h5-12H,3-4,13H2,1-2H3. The van der Waals surface area contributed by atoms with Crippen molar-refractivity contribution in [1.82, 2.24) is 13.9 Å². The van der Waals surface area contributed by atoms with E-state index in [-0.39, 0.29) is 18.0 Å². The van der Waals surface area contributed by atoms with Crippen molar-refractivity contribution in [3.05, 3.63) is 67.9 Å². The zero-order chi connectivity index (χ0) is 21.4. The van der Waals surface area contributed by atoms with Gasteiger partial charge in [-0.15, -0.1) is 11.3 Å². The van der Waals surface area contributed by atoms with Crippen LogP contribution < -0.4 is 5.56 Å². The molecule has 2 aromatic carbocycles. The third kappa shape index (κ3) is 3.47. The number of carbonyl (C=O) groups excluding carboxylic acids is 1. The normalized spacial score (nSPS) is 11.3. The molecule has 2 heterocycles. The van der Waals surface area contributed by atoms with Crippen LogP contribution in [-0.4, -0.2) is 32.9 Å². The van der Waals surface area contributed by atoms with E-state index in [4.69, 9.17) is 23.8 Å². The molecule has 0 aliphatic rings. The highest BCUT2D eigenvalue weighted by atomic mass is 35.5. The maximum atomic E-state index is 13.5. The van der Waals surface area contributed by atoms with Crippen LogP contribution in [0.25, 0.3) is 27.0 Å². The molecule has 0 saturated carbocycles. The number of nitrogens with zero attached hydrogens (tertiary/aromatic N) is 3. The van der Waals surface area contributed by atoms with Gasteiger partial charge in [-0.3, -0.25) is 18.6 Å². The van der Waals surface area contributed by atoms with E-state index in [2.05, 4.69) is 0 Å². The Bertz CT molecular complexity index is 1370. The Kier molecular flexibility index (Phi) is 5.77. The molecule has 4 aromatic rings. The molecule has 0 spiro atoms. The van der Waals surface area contributed by atoms with Gasteiger partial charge in [-0.05, 0) is 55.9 Å². The van der Waals surface area contributed by atoms with E-state index >= 15 is 0 Å². The van der Waals surface area contributed by atoms with Crippen molar-refractivity contribution in [1.29, 1.82) is 0 Å². The van der Waals surface area contributed by atoms with Crippen molar-refractivity contribution in [3.8, 4) is 10.4 Å². The lowest BCUT2D eigenvalue weighted by Gasteiger charge is -2.20. The van der Waals surface area contributed by atoms with Crippen molar-refractivity contribution in [2.75, 3.05) is 13.1 Å². The Hall–Kier alpha value is -2.48. The number of rotatable bonds is 5. The summed E-state index contributed by atoms with van der Waals surface area (Å²) in [7, 11) is 0. The lowest BCUT2D eigenvalue weighted by atomic mass is 10.2. The fourth-order valence-electron chi connectivity index (χ4n) is 3.66. The number of aromatic nitrogens is 2. The topological polar surface area (TPSA) is 46.7 Å². The van der Waals surface area contributed by atoms with Crippen LogP contribution in [0.15, 0.2) is 53.3 Å². The van der Waals surface area contributed by atoms with E-state index in [0.29, 0.717) is 33.1 Å². The average Bonchev–Trinajstić information content (AvgIpc) is 3.09. The molecule has 30 heavy (non-hydrogen) atoms. The van der Waals surface area contributed by atoms with Crippen molar-refractivity contribution in [2.45, 2.75) is 20.4 Å². The largest absolute Gasteiger partial charge is 0.342 e. The van der Waals surface area contributed by atoms with Gasteiger partial charge < -0.3 is 4.90 Å². The number of halogens is 1. The lowest BCUT2D eigenvalue weighted by molar-refractivity contribution is -0.131. The first-order valence-corrected chi connectivity index (χ1v) is 11.3. The molecule has 0 unspecified atom stereocenters. The Morgan fingerprint density at radius 3 is 2.43 bits per heavy atom. The second-order valence-electron chi connectivity index (χ2n) is 6.84. The van der Waals surface area contributed by atoms with Crippen LogP contribution in [0.1, 0.15) is 13.8 Å². The van der Waals surface area contributed by atoms with Crippen molar-refractivity contribution < 1.29 is 4.79 Å². The maximum Gasteiger partial charge on any atom is 0.262 e. The number of thiazole rings is 1. The first kappa shape index (κ1) is 20.8. The molecule has 154 valence electrons. The van der Waals surface area contributed by atoms with Crippen molar-refractivity contribution in [2.24, 2.45) is 0 Å². The van der Waals surface area contributed by atoms with Gasteiger partial charge in [0.15, 0.2) is 3.95 Å². The minimum Gasteiger partial charge on any atom is -0.342 e. The number of benzene rings is 2. The Balaban J connectivity index is 2.08. The monoisotopic (exact) mass is 457 g/mol. The second-order valence-corrected chi connectivity index (χ2v) is 8.92. The molecular weight excluding hydrogens is 438 g/mol. The number of likely N-dealkylation sites (N-methyl/N-ethyl adjacent to an activating group) is 1. The minimum absolute atomic E-state index is 0.0407. The fraction of sp³-hybridized carbons (Fsp3) is 0.227. The highest BCUT2D eigenvalue weighted by Crippen LogP contribution is 2.33. The van der Waals surface area contributed by atoms with Crippen LogP contribution in [0, 0.1) is 3.95 Å². The van der Waals surface area contributed by atoms with Crippen LogP contribution in [0.5, 0.6) is 0 Å². The first-order chi connectivity index (χ1) is 14.5. The summed E-state index contributed by atoms with van der Waals surface area (Å²) in [6.45, 7) is 5.00. The molecule has 0 saturated heterocycles. The van der Waals surface area contributed by atoms with E-state index in [0.717, 1.165) is 16.0 Å². The van der Waals surface area contributed by atoms with Crippen LogP contribution in [0.3, 0.4) is 0 Å².